The van der Waals surface area contributed by atoms with Crippen molar-refractivity contribution in [3.8, 4) is 11.5 Å². The Bertz CT molecular complexity index is 2860. The zero-order chi connectivity index (χ0) is 45.4. The van der Waals surface area contributed by atoms with Gasteiger partial charge < -0.3 is 14.6 Å². The van der Waals surface area contributed by atoms with Gasteiger partial charge in [0.1, 0.15) is 10.0 Å². The molecule has 328 valence electrons. The number of allylic oxidation sites excluding steroid dienone is 1. The first-order chi connectivity index (χ1) is 28.5. The second-order valence-corrected chi connectivity index (χ2v) is 20.5. The third-order valence-electron chi connectivity index (χ3n) is 9.47. The highest BCUT2D eigenvalue weighted by Crippen LogP contribution is 2.46. The van der Waals surface area contributed by atoms with Crippen molar-refractivity contribution >= 4 is 78.5 Å². The van der Waals surface area contributed by atoms with Crippen LogP contribution in [-0.2, 0) is 38.7 Å². The van der Waals surface area contributed by atoms with Gasteiger partial charge in [0.25, 0.3) is 0 Å². The molecule has 0 aliphatic heterocycles. The first kappa shape index (κ1) is 47.2. The molecule has 0 atom stereocenters. The molecule has 9 nitrogen and oxygen atoms in total. The normalized spacial score (nSPS) is 12.0. The molecule has 2 aromatic heterocycles. The predicted molar refractivity (Wildman–Crippen MR) is 231 cm³/mol. The molecule has 0 fully saturated rings. The van der Waals surface area contributed by atoms with Crippen molar-refractivity contribution in [2.75, 3.05) is 34.3 Å². The summed E-state index contributed by atoms with van der Waals surface area (Å²) in [5.41, 5.74) is -0.578. The Hall–Kier alpha value is -4.82. The summed E-state index contributed by atoms with van der Waals surface area (Å²) in [6.07, 6.45) is 0. The molecule has 4 aromatic carbocycles. The molecule has 0 radical (unpaired) electrons. The molecule has 0 spiro atoms. The van der Waals surface area contributed by atoms with E-state index >= 15 is 0 Å². The van der Waals surface area contributed by atoms with Gasteiger partial charge in [0.15, 0.2) is 34.8 Å². The van der Waals surface area contributed by atoms with Gasteiger partial charge in [-0.2, -0.15) is 8.78 Å². The van der Waals surface area contributed by atoms with E-state index in [4.69, 9.17) is 0 Å². The molecule has 0 saturated heterocycles. The Labute approximate surface area is 358 Å². The van der Waals surface area contributed by atoms with Crippen LogP contribution < -0.4 is 18.1 Å². The molecule has 6 aromatic rings. The van der Waals surface area contributed by atoms with Crippen molar-refractivity contribution in [3.63, 3.8) is 0 Å². The summed E-state index contributed by atoms with van der Waals surface area (Å²) in [4.78, 5) is 0. The van der Waals surface area contributed by atoms with Gasteiger partial charge in [0.05, 0.1) is 44.4 Å². The lowest BCUT2D eigenvalue weighted by Gasteiger charge is -2.28. The zero-order valence-corrected chi connectivity index (χ0v) is 37.3. The maximum Gasteiger partial charge on any atom is 0.235 e. The lowest BCUT2D eigenvalue weighted by molar-refractivity contribution is 0.0811. The lowest BCUT2D eigenvalue weighted by atomic mass is 9.96. The second-order valence-electron chi connectivity index (χ2n) is 14.1. The van der Waals surface area contributed by atoms with Crippen LogP contribution in [0.25, 0.3) is 25.7 Å². The summed E-state index contributed by atoms with van der Waals surface area (Å²) in [5, 5.41) is 12.8. The number of sulfonamides is 2. The van der Waals surface area contributed by atoms with Gasteiger partial charge in [-0.1, -0.05) is 43.0 Å². The predicted octanol–water partition coefficient (Wildman–Crippen LogP) is 10.6. The summed E-state index contributed by atoms with van der Waals surface area (Å²) in [5.74, 6) is -10.4. The molecule has 0 saturated carbocycles. The first-order valence-electron chi connectivity index (χ1n) is 18.4. The second kappa shape index (κ2) is 18.3. The molecular formula is C42H42F6N2O7S4. The number of thiophene rings is 2. The number of methoxy groups -OCH3 is 2. The number of halogens is 6. The lowest BCUT2D eigenvalue weighted by Crippen LogP contribution is -2.33. The highest BCUT2D eigenvalue weighted by Gasteiger charge is 2.35. The van der Waals surface area contributed by atoms with Gasteiger partial charge in [-0.15, -0.1) is 22.7 Å². The number of hydrogen-bond acceptors (Lipinski definition) is 9. The summed E-state index contributed by atoms with van der Waals surface area (Å²) >= 11 is 2.32. The Kier molecular flexibility index (Phi) is 14.1. The molecule has 0 amide bonds. The van der Waals surface area contributed by atoms with Crippen molar-refractivity contribution in [2.24, 2.45) is 0 Å². The van der Waals surface area contributed by atoms with Gasteiger partial charge in [0, 0.05) is 42.4 Å². The van der Waals surface area contributed by atoms with Crippen LogP contribution in [0.3, 0.4) is 0 Å². The van der Waals surface area contributed by atoms with E-state index in [0.29, 0.717) is 43.9 Å². The average molecular weight is 929 g/mol. The van der Waals surface area contributed by atoms with Crippen LogP contribution in [0, 0.1) is 34.9 Å². The number of aliphatic hydroxyl groups is 1. The Balaban J connectivity index is 0.000000231. The minimum atomic E-state index is -3.99. The first-order valence-corrected chi connectivity index (χ1v) is 23.2. The molecule has 0 aliphatic carbocycles. The highest BCUT2D eigenvalue weighted by atomic mass is 32.2. The van der Waals surface area contributed by atoms with Crippen molar-refractivity contribution in [2.45, 2.75) is 53.3 Å². The fraction of sp³-hybridized carbons (Fsp3) is 0.286. The van der Waals surface area contributed by atoms with E-state index in [0.717, 1.165) is 44.3 Å². The van der Waals surface area contributed by atoms with E-state index < -0.39 is 90.7 Å². The summed E-state index contributed by atoms with van der Waals surface area (Å²) in [6, 6.07) is 15.7. The number of ether oxygens (including phenoxy) is 2. The largest absolute Gasteiger partial charge is 0.491 e. The van der Waals surface area contributed by atoms with Crippen LogP contribution in [0.2, 0.25) is 0 Å². The SMILES string of the molecule is C=C(C)c1c(N(Cc2cc(F)c(F)c(OC)c2F)S(=O)(=O)CC)sc2ccccc12.CCS(=O)(=O)N(Cc1cc(F)c(F)c(OC)c1F)c1sc2ccccc2c1C(C)(C)O. The quantitative estimate of drug-likeness (QED) is 0.0855. The molecule has 1 N–H and O–H groups in total. The Morgan fingerprint density at radius 2 is 1.08 bits per heavy atom. The topological polar surface area (TPSA) is 113 Å². The van der Waals surface area contributed by atoms with Crippen molar-refractivity contribution in [3.05, 3.63) is 124 Å². The van der Waals surface area contributed by atoms with Crippen LogP contribution in [0.5, 0.6) is 11.5 Å². The van der Waals surface area contributed by atoms with E-state index in [1.165, 1.54) is 39.0 Å². The van der Waals surface area contributed by atoms with Crippen LogP contribution in [0.15, 0.2) is 67.2 Å². The Morgan fingerprint density at radius 1 is 0.689 bits per heavy atom. The standard InChI is InChI=1S/C21H22F3NO4S2.C21H20F3NO3S2/c1-5-31(27,28)25(11-12-10-14(22)18(24)19(29-4)17(12)23)20-16(21(2,3)26)13-8-6-7-9-15(13)30-20;1-5-30(26,27)25(11-13-10-15(22)19(24)20(28-4)18(13)23)21-17(12(2)3)14-8-6-7-9-16(14)29-21/h6-10,26H,5,11H2,1-4H3;6-10H,2,5,11H2,1,3-4H3. The number of hydrogen-bond donors (Lipinski definition) is 1. The highest BCUT2D eigenvalue weighted by molar-refractivity contribution is 7.93. The monoisotopic (exact) mass is 928 g/mol. The fourth-order valence-electron chi connectivity index (χ4n) is 6.48. The van der Waals surface area contributed by atoms with Crippen LogP contribution in [-0.4, -0.2) is 47.7 Å². The van der Waals surface area contributed by atoms with Crippen LogP contribution >= 0.6 is 22.7 Å². The molecular weight excluding hydrogens is 887 g/mol. The maximum absolute atomic E-state index is 14.8. The van der Waals surface area contributed by atoms with E-state index in [1.54, 1.807) is 31.2 Å². The van der Waals surface area contributed by atoms with Crippen molar-refractivity contribution < 1.29 is 57.8 Å². The number of benzene rings is 4. The molecule has 61 heavy (non-hydrogen) atoms. The number of rotatable bonds is 14. The minimum Gasteiger partial charge on any atom is -0.491 e. The molecule has 0 unspecified atom stereocenters. The minimum absolute atomic E-state index is 0.179. The summed E-state index contributed by atoms with van der Waals surface area (Å²) < 4.78 is 150. The van der Waals surface area contributed by atoms with Crippen LogP contribution in [0.1, 0.15) is 56.9 Å². The van der Waals surface area contributed by atoms with Gasteiger partial charge in [-0.3, -0.25) is 8.61 Å². The number of nitrogens with zero attached hydrogens (tertiary/aromatic N) is 2. The molecule has 2 heterocycles. The Morgan fingerprint density at radius 3 is 1.49 bits per heavy atom. The molecule has 0 bridgehead atoms. The number of anilines is 2. The molecule has 19 heteroatoms. The summed E-state index contributed by atoms with van der Waals surface area (Å²) in [7, 11) is -5.89. The smallest absolute Gasteiger partial charge is 0.235 e. The van der Waals surface area contributed by atoms with E-state index in [1.807, 2.05) is 24.3 Å². The van der Waals surface area contributed by atoms with Gasteiger partial charge in [-0.25, -0.2) is 34.4 Å². The van der Waals surface area contributed by atoms with Gasteiger partial charge in [-0.05, 0) is 64.5 Å². The average Bonchev–Trinajstić information content (AvgIpc) is 3.79. The van der Waals surface area contributed by atoms with Crippen molar-refractivity contribution in [1.82, 2.24) is 0 Å². The molecule has 0 aliphatic rings. The summed E-state index contributed by atoms with van der Waals surface area (Å²) in [6.45, 7) is 10.5. The third-order valence-corrected chi connectivity index (χ3v) is 15.5. The van der Waals surface area contributed by atoms with Gasteiger partial charge >= 0.3 is 0 Å². The van der Waals surface area contributed by atoms with Gasteiger partial charge in [0.2, 0.25) is 31.7 Å². The van der Waals surface area contributed by atoms with Crippen molar-refractivity contribution in [1.29, 1.82) is 0 Å². The molecule has 6 rings (SSSR count). The van der Waals surface area contributed by atoms with E-state index in [2.05, 4.69) is 16.1 Å². The maximum atomic E-state index is 14.8. The van der Waals surface area contributed by atoms with E-state index in [-0.39, 0.29) is 22.1 Å². The third kappa shape index (κ3) is 9.35. The van der Waals surface area contributed by atoms with Crippen LogP contribution in [0.4, 0.5) is 36.3 Å². The number of fused-ring (bicyclic) bond motifs is 2. The zero-order valence-electron chi connectivity index (χ0n) is 34.0. The van der Waals surface area contributed by atoms with E-state index in [9.17, 15) is 48.3 Å². The fourth-order valence-corrected chi connectivity index (χ4v) is 11.8.